The Morgan fingerprint density at radius 1 is 1.20 bits per heavy atom. The molecule has 20 heavy (non-hydrogen) atoms. The molecule has 101 valence electrons. The van der Waals surface area contributed by atoms with E-state index in [0.717, 1.165) is 33.0 Å². The van der Waals surface area contributed by atoms with E-state index >= 15 is 0 Å². The maximum atomic E-state index is 13.5. The largest absolute Gasteiger partial charge is 0.340 e. The van der Waals surface area contributed by atoms with Crippen molar-refractivity contribution in [1.82, 2.24) is 9.38 Å². The Labute approximate surface area is 128 Å². The summed E-state index contributed by atoms with van der Waals surface area (Å²) in [6, 6.07) is 13.9. The van der Waals surface area contributed by atoms with E-state index in [0.29, 0.717) is 0 Å². The fraction of sp³-hybridized carbons (Fsp3) is 0.0625. The second kappa shape index (κ2) is 4.65. The second-order valence-electron chi connectivity index (χ2n) is 4.70. The summed E-state index contributed by atoms with van der Waals surface area (Å²) in [6.07, 6.45) is 1.93. The topological polar surface area (TPSA) is 17.3 Å². The Kier molecular flexibility index (Phi) is 3.08. The fourth-order valence-electron chi connectivity index (χ4n) is 2.64. The van der Waals surface area contributed by atoms with Gasteiger partial charge in [-0.05, 0) is 24.4 Å². The molecule has 2 aromatic carbocycles. The molecule has 4 heteroatoms. The van der Waals surface area contributed by atoms with Gasteiger partial charge in [0.1, 0.15) is 5.82 Å². The van der Waals surface area contributed by atoms with Crippen LogP contribution in [0.2, 0.25) is 0 Å². The molecule has 0 saturated heterocycles. The number of rotatable bonds is 0. The number of aryl methyl sites for hydroxylation is 1. The molecule has 0 unspecified atom stereocenters. The number of benzene rings is 2. The van der Waals surface area contributed by atoms with Gasteiger partial charge in [-0.15, -0.1) is 29.7 Å². The molecular weight excluding hydrogens is 431 g/mol. The van der Waals surface area contributed by atoms with Gasteiger partial charge in [-0.25, -0.2) is 4.39 Å². The SMILES string of the molecule is Cc1cn2c3cc(F)ccc3c3ccc[c-]c3c2n1.[Ir]. The maximum Gasteiger partial charge on any atom is 0.125 e. The molecule has 0 aliphatic carbocycles. The summed E-state index contributed by atoms with van der Waals surface area (Å²) < 4.78 is 15.5. The van der Waals surface area contributed by atoms with Crippen molar-refractivity contribution in [2.75, 3.05) is 0 Å². The number of nitrogens with zero attached hydrogens (tertiary/aromatic N) is 2. The van der Waals surface area contributed by atoms with Crippen LogP contribution >= 0.6 is 0 Å². The maximum absolute atomic E-state index is 13.5. The van der Waals surface area contributed by atoms with Crippen molar-refractivity contribution in [3.63, 3.8) is 0 Å². The van der Waals surface area contributed by atoms with Gasteiger partial charge < -0.3 is 4.40 Å². The standard InChI is InChI=1S/C16H10FN2.Ir/c1-10-9-19-15-8-11(17)6-7-13(15)12-4-2-3-5-14(12)16(19)18-10;/h2-4,6-9H,1H3;/q-1;. The van der Waals surface area contributed by atoms with E-state index in [1.807, 2.05) is 41.8 Å². The monoisotopic (exact) mass is 442 g/mol. The Hall–Kier alpha value is -1.77. The molecule has 0 saturated carbocycles. The van der Waals surface area contributed by atoms with E-state index in [1.165, 1.54) is 6.07 Å². The van der Waals surface area contributed by atoms with Crippen LogP contribution in [0, 0.1) is 18.8 Å². The van der Waals surface area contributed by atoms with Gasteiger partial charge >= 0.3 is 0 Å². The van der Waals surface area contributed by atoms with Gasteiger partial charge in [-0.1, -0.05) is 11.5 Å². The van der Waals surface area contributed by atoms with E-state index in [-0.39, 0.29) is 25.9 Å². The zero-order valence-corrected chi connectivity index (χ0v) is 13.0. The first kappa shape index (κ1) is 13.2. The van der Waals surface area contributed by atoms with Crippen molar-refractivity contribution < 1.29 is 24.5 Å². The second-order valence-corrected chi connectivity index (χ2v) is 4.70. The van der Waals surface area contributed by atoms with Crippen LogP contribution in [0.25, 0.3) is 27.3 Å². The zero-order chi connectivity index (χ0) is 13.0. The first-order chi connectivity index (χ1) is 9.24. The van der Waals surface area contributed by atoms with Gasteiger partial charge in [0, 0.05) is 37.5 Å². The molecule has 4 rings (SSSR count). The van der Waals surface area contributed by atoms with E-state index in [2.05, 4.69) is 11.1 Å². The smallest absolute Gasteiger partial charge is 0.125 e. The van der Waals surface area contributed by atoms with Gasteiger partial charge in [0.15, 0.2) is 0 Å². The van der Waals surface area contributed by atoms with Gasteiger partial charge in [-0.2, -0.15) is 0 Å². The van der Waals surface area contributed by atoms with Crippen LogP contribution in [0.1, 0.15) is 5.69 Å². The number of imidazole rings is 1. The third kappa shape index (κ3) is 1.76. The van der Waals surface area contributed by atoms with E-state index in [9.17, 15) is 4.39 Å². The van der Waals surface area contributed by atoms with E-state index < -0.39 is 0 Å². The quantitative estimate of drug-likeness (QED) is 0.299. The van der Waals surface area contributed by atoms with Crippen molar-refractivity contribution in [2.45, 2.75) is 6.92 Å². The fourth-order valence-corrected chi connectivity index (χ4v) is 2.64. The average molecular weight is 441 g/mol. The Balaban J connectivity index is 0.00000121. The summed E-state index contributed by atoms with van der Waals surface area (Å²) in [5.74, 6) is -0.237. The third-order valence-corrected chi connectivity index (χ3v) is 3.42. The van der Waals surface area contributed by atoms with Crippen LogP contribution in [0.4, 0.5) is 4.39 Å². The summed E-state index contributed by atoms with van der Waals surface area (Å²) in [7, 11) is 0. The van der Waals surface area contributed by atoms with Crippen molar-refractivity contribution in [3.8, 4) is 0 Å². The normalized spacial score (nSPS) is 11.1. The number of pyridine rings is 1. The number of hydrogen-bond acceptors (Lipinski definition) is 1. The summed E-state index contributed by atoms with van der Waals surface area (Å²) in [4.78, 5) is 4.53. The van der Waals surface area contributed by atoms with Crippen LogP contribution < -0.4 is 0 Å². The van der Waals surface area contributed by atoms with Crippen LogP contribution in [-0.4, -0.2) is 9.38 Å². The van der Waals surface area contributed by atoms with Gasteiger partial charge in [-0.3, -0.25) is 4.98 Å². The molecule has 0 atom stereocenters. The van der Waals surface area contributed by atoms with E-state index in [1.54, 1.807) is 6.07 Å². The molecule has 0 N–H and O–H groups in total. The molecule has 0 spiro atoms. The van der Waals surface area contributed by atoms with Crippen molar-refractivity contribution >= 4 is 27.3 Å². The minimum atomic E-state index is -0.237. The summed E-state index contributed by atoms with van der Waals surface area (Å²) in [5, 5.41) is 3.03. The molecule has 0 aliphatic heterocycles. The molecule has 1 radical (unpaired) electrons. The predicted molar refractivity (Wildman–Crippen MR) is 73.7 cm³/mol. The molecule has 2 heterocycles. The van der Waals surface area contributed by atoms with Crippen LogP contribution in [0.5, 0.6) is 0 Å². The Morgan fingerprint density at radius 3 is 2.90 bits per heavy atom. The Morgan fingerprint density at radius 2 is 2.05 bits per heavy atom. The minimum absolute atomic E-state index is 0. The molecule has 0 fully saturated rings. The summed E-state index contributed by atoms with van der Waals surface area (Å²) >= 11 is 0. The first-order valence-electron chi connectivity index (χ1n) is 6.11. The molecule has 0 bridgehead atoms. The molecule has 0 amide bonds. The number of hydrogen-bond donors (Lipinski definition) is 0. The molecule has 0 aliphatic rings. The van der Waals surface area contributed by atoms with Crippen LogP contribution in [0.15, 0.2) is 42.6 Å². The van der Waals surface area contributed by atoms with Crippen molar-refractivity contribution in [2.24, 2.45) is 0 Å². The van der Waals surface area contributed by atoms with Gasteiger partial charge in [0.2, 0.25) is 0 Å². The van der Waals surface area contributed by atoms with E-state index in [4.69, 9.17) is 0 Å². The predicted octanol–water partition coefficient (Wildman–Crippen LogP) is 3.89. The molecule has 2 aromatic heterocycles. The number of fused-ring (bicyclic) bond motifs is 6. The van der Waals surface area contributed by atoms with Crippen LogP contribution in [0.3, 0.4) is 0 Å². The number of aromatic nitrogens is 2. The molecular formula is C16H10FIrN2-. The third-order valence-electron chi connectivity index (χ3n) is 3.42. The molecule has 4 aromatic rings. The Bertz CT molecular complexity index is 943. The first-order valence-corrected chi connectivity index (χ1v) is 6.11. The van der Waals surface area contributed by atoms with Crippen molar-refractivity contribution in [1.29, 1.82) is 0 Å². The van der Waals surface area contributed by atoms with Gasteiger partial charge in [0.05, 0.1) is 5.65 Å². The summed E-state index contributed by atoms with van der Waals surface area (Å²) in [5.41, 5.74) is 2.57. The van der Waals surface area contributed by atoms with Crippen molar-refractivity contribution in [3.05, 3.63) is 60.2 Å². The average Bonchev–Trinajstić information content (AvgIpc) is 2.81. The molecule has 2 nitrogen and oxygen atoms in total. The van der Waals surface area contributed by atoms with Crippen LogP contribution in [-0.2, 0) is 20.1 Å². The number of halogens is 1. The minimum Gasteiger partial charge on any atom is -0.340 e. The summed E-state index contributed by atoms with van der Waals surface area (Å²) in [6.45, 7) is 1.94. The zero-order valence-electron chi connectivity index (χ0n) is 10.6. The van der Waals surface area contributed by atoms with Gasteiger partial charge in [0.25, 0.3) is 0 Å².